The minimum atomic E-state index is -5.08. The molecule has 0 saturated carbocycles. The summed E-state index contributed by atoms with van der Waals surface area (Å²) in [6, 6.07) is 1.79. The highest BCUT2D eigenvalue weighted by Gasteiger charge is 2.55. The van der Waals surface area contributed by atoms with Crippen LogP contribution in [0.15, 0.2) is 37.1 Å². The molecule has 2 atom stereocenters. The van der Waals surface area contributed by atoms with Gasteiger partial charge in [0.2, 0.25) is 11.9 Å². The molecule has 0 unspecified atom stereocenters. The van der Waals surface area contributed by atoms with Crippen molar-refractivity contribution in [1.29, 1.82) is 0 Å². The Morgan fingerprint density at radius 2 is 1.67 bits per heavy atom. The van der Waals surface area contributed by atoms with E-state index in [-0.39, 0.29) is 17.7 Å². The van der Waals surface area contributed by atoms with Gasteiger partial charge in [-0.2, -0.15) is 13.2 Å². The molecule has 2 aromatic heterocycles. The smallest absolute Gasteiger partial charge is 0.475 e. The van der Waals surface area contributed by atoms with E-state index in [9.17, 15) is 22.8 Å². The zero-order valence-electron chi connectivity index (χ0n) is 21.0. The first kappa shape index (κ1) is 28.1. The van der Waals surface area contributed by atoms with Crippen molar-refractivity contribution in [3.8, 4) is 0 Å². The van der Waals surface area contributed by atoms with Crippen LogP contribution in [0.5, 0.6) is 0 Å². The summed E-state index contributed by atoms with van der Waals surface area (Å²) in [6.45, 7) is 4.63. The summed E-state index contributed by atoms with van der Waals surface area (Å²) in [5.41, 5.74) is -0.241. The van der Waals surface area contributed by atoms with Crippen molar-refractivity contribution >= 4 is 23.7 Å². The first-order valence-corrected chi connectivity index (χ1v) is 12.4. The molecule has 5 rings (SSSR count). The summed E-state index contributed by atoms with van der Waals surface area (Å²) in [5.74, 6) is -2.13. The Morgan fingerprint density at radius 3 is 2.28 bits per heavy atom. The Hall–Kier alpha value is -3.88. The molecule has 0 aliphatic carbocycles. The number of alkyl halides is 3. The molecule has 3 fully saturated rings. The molecule has 3 aliphatic heterocycles. The van der Waals surface area contributed by atoms with Crippen LogP contribution in [-0.2, 0) is 14.3 Å². The van der Waals surface area contributed by atoms with Crippen molar-refractivity contribution in [1.82, 2.24) is 29.7 Å². The number of carbonyl (C=O) groups is 3. The standard InChI is InChI=1S/C22H27N7O3.C2HF3O2/c30-19(18-13-23-6-7-24-18)28-8-1-3-22(20(31)27-9-11-32-12-10-27)16-29(15-17(22)14-28)21-25-4-2-5-26-21;3-2(4,5)1(6)7/h2,4-7,13,17H,1,3,8-12,14-16H2;(H,6,7)/t17-,22-;/m0./s1. The first-order chi connectivity index (χ1) is 18.6. The third-order valence-corrected chi connectivity index (χ3v) is 7.06. The number of aromatic nitrogens is 4. The highest BCUT2D eigenvalue weighted by Crippen LogP contribution is 2.45. The van der Waals surface area contributed by atoms with E-state index < -0.39 is 17.6 Å². The van der Waals surface area contributed by atoms with Gasteiger partial charge in [0.1, 0.15) is 5.69 Å². The summed E-state index contributed by atoms with van der Waals surface area (Å²) in [6.07, 6.45) is 4.41. The molecule has 2 aromatic rings. The Kier molecular flexibility index (Phi) is 8.57. The van der Waals surface area contributed by atoms with Crippen LogP contribution in [0.4, 0.5) is 19.1 Å². The number of likely N-dealkylation sites (tertiary alicyclic amines) is 1. The van der Waals surface area contributed by atoms with Crippen LogP contribution in [0.3, 0.4) is 0 Å². The first-order valence-electron chi connectivity index (χ1n) is 12.4. The van der Waals surface area contributed by atoms with Crippen LogP contribution < -0.4 is 4.90 Å². The van der Waals surface area contributed by atoms with Gasteiger partial charge in [-0.3, -0.25) is 14.6 Å². The minimum absolute atomic E-state index is 0.0234. The number of halogens is 3. The van der Waals surface area contributed by atoms with Gasteiger partial charge in [0.05, 0.1) is 24.8 Å². The number of nitrogens with zero attached hydrogens (tertiary/aromatic N) is 7. The quantitative estimate of drug-likeness (QED) is 0.590. The average molecular weight is 552 g/mol. The number of aliphatic carboxylic acids is 1. The second-order valence-electron chi connectivity index (χ2n) is 9.44. The van der Waals surface area contributed by atoms with Crippen LogP contribution >= 0.6 is 0 Å². The van der Waals surface area contributed by atoms with Crippen LogP contribution in [-0.4, -0.2) is 111 Å². The Labute approximate surface area is 221 Å². The summed E-state index contributed by atoms with van der Waals surface area (Å²) >= 11 is 0. The molecule has 0 aromatic carbocycles. The maximum atomic E-state index is 13.9. The van der Waals surface area contributed by atoms with E-state index in [1.54, 1.807) is 24.7 Å². The molecule has 12 nitrogen and oxygen atoms in total. The third kappa shape index (κ3) is 6.41. The van der Waals surface area contributed by atoms with Crippen LogP contribution in [0.25, 0.3) is 0 Å². The van der Waals surface area contributed by atoms with Gasteiger partial charge in [-0.15, -0.1) is 0 Å². The van der Waals surface area contributed by atoms with Crippen LogP contribution in [0.1, 0.15) is 23.3 Å². The third-order valence-electron chi connectivity index (χ3n) is 7.06. The average Bonchev–Trinajstić information content (AvgIpc) is 3.22. The molecule has 3 saturated heterocycles. The van der Waals surface area contributed by atoms with Gasteiger partial charge in [-0.25, -0.2) is 19.7 Å². The largest absolute Gasteiger partial charge is 0.490 e. The number of hydrogen-bond donors (Lipinski definition) is 1. The number of morpholine rings is 1. The van der Waals surface area contributed by atoms with Gasteiger partial charge in [0.25, 0.3) is 5.91 Å². The van der Waals surface area contributed by atoms with Crippen molar-refractivity contribution in [2.24, 2.45) is 11.3 Å². The maximum Gasteiger partial charge on any atom is 0.490 e. The number of anilines is 1. The van der Waals surface area contributed by atoms with Crippen molar-refractivity contribution in [2.75, 3.05) is 57.4 Å². The second kappa shape index (κ2) is 11.9. The second-order valence-corrected chi connectivity index (χ2v) is 9.44. The molecule has 1 N–H and O–H groups in total. The van der Waals surface area contributed by atoms with E-state index in [2.05, 4.69) is 24.8 Å². The topological polar surface area (TPSA) is 142 Å². The lowest BCUT2D eigenvalue weighted by Crippen LogP contribution is -2.53. The Bertz CT molecular complexity index is 1150. The monoisotopic (exact) mass is 551 g/mol. The summed E-state index contributed by atoms with van der Waals surface area (Å²) in [7, 11) is 0. The molecule has 0 bridgehead atoms. The zero-order chi connectivity index (χ0) is 28.0. The molecular weight excluding hydrogens is 523 g/mol. The van der Waals surface area contributed by atoms with Gasteiger partial charge in [0.15, 0.2) is 0 Å². The zero-order valence-corrected chi connectivity index (χ0v) is 21.0. The predicted molar refractivity (Wildman–Crippen MR) is 128 cm³/mol. The predicted octanol–water partition coefficient (Wildman–Crippen LogP) is 1.12. The molecule has 210 valence electrons. The highest BCUT2D eigenvalue weighted by molar-refractivity contribution is 5.92. The number of carboxylic acids is 1. The number of rotatable bonds is 3. The van der Waals surface area contributed by atoms with E-state index >= 15 is 0 Å². The maximum absolute atomic E-state index is 13.9. The van der Waals surface area contributed by atoms with Gasteiger partial charge in [0, 0.05) is 70.0 Å². The summed E-state index contributed by atoms with van der Waals surface area (Å²) < 4.78 is 37.2. The van der Waals surface area contributed by atoms with Gasteiger partial charge in [-0.1, -0.05) is 0 Å². The van der Waals surface area contributed by atoms with E-state index in [0.29, 0.717) is 64.1 Å². The molecule has 0 radical (unpaired) electrons. The Balaban J connectivity index is 0.000000448. The van der Waals surface area contributed by atoms with Gasteiger partial charge >= 0.3 is 12.1 Å². The molecular formula is C24H28F3N7O5. The van der Waals surface area contributed by atoms with E-state index in [4.69, 9.17) is 14.6 Å². The molecule has 15 heteroatoms. The number of amides is 2. The number of hydrogen-bond acceptors (Lipinski definition) is 9. The Morgan fingerprint density at radius 1 is 0.974 bits per heavy atom. The van der Waals surface area contributed by atoms with E-state index in [1.807, 2.05) is 9.80 Å². The fourth-order valence-corrected chi connectivity index (χ4v) is 5.23. The normalized spacial score (nSPS) is 23.3. The molecule has 39 heavy (non-hydrogen) atoms. The van der Waals surface area contributed by atoms with Crippen LogP contribution in [0.2, 0.25) is 0 Å². The minimum Gasteiger partial charge on any atom is -0.475 e. The van der Waals surface area contributed by atoms with Crippen molar-refractivity contribution < 1.29 is 37.4 Å². The van der Waals surface area contributed by atoms with Crippen molar-refractivity contribution in [3.05, 3.63) is 42.7 Å². The lowest BCUT2D eigenvalue weighted by atomic mass is 9.73. The van der Waals surface area contributed by atoms with Crippen molar-refractivity contribution in [2.45, 2.75) is 19.0 Å². The van der Waals surface area contributed by atoms with E-state index in [1.165, 1.54) is 12.4 Å². The lowest BCUT2D eigenvalue weighted by Gasteiger charge is -2.38. The highest BCUT2D eigenvalue weighted by atomic mass is 19.4. The van der Waals surface area contributed by atoms with Crippen molar-refractivity contribution in [3.63, 3.8) is 0 Å². The fourth-order valence-electron chi connectivity index (χ4n) is 5.23. The van der Waals surface area contributed by atoms with Gasteiger partial charge in [-0.05, 0) is 18.9 Å². The molecule has 0 spiro atoms. The number of ether oxygens (including phenoxy) is 1. The summed E-state index contributed by atoms with van der Waals surface area (Å²) in [4.78, 5) is 58.9. The molecule has 3 aliphatic rings. The van der Waals surface area contributed by atoms with Gasteiger partial charge < -0.3 is 24.5 Å². The van der Waals surface area contributed by atoms with E-state index in [0.717, 1.165) is 12.8 Å². The lowest BCUT2D eigenvalue weighted by molar-refractivity contribution is -0.192. The molecule has 2 amide bonds. The fraction of sp³-hybridized carbons (Fsp3) is 0.542. The SMILES string of the molecule is O=C(O)C(F)(F)F.O=C(c1cnccn1)N1CCC[C@]2(C(=O)N3CCOCC3)CN(c3ncccn3)C[C@@H]2C1. The summed E-state index contributed by atoms with van der Waals surface area (Å²) in [5, 5.41) is 7.12. The number of carboxylic acid groups (broad SMARTS) is 1. The molecule has 5 heterocycles. The number of fused-ring (bicyclic) bond motifs is 1. The number of carbonyl (C=O) groups excluding carboxylic acids is 2. The van der Waals surface area contributed by atoms with Crippen LogP contribution in [0, 0.1) is 11.3 Å².